The predicted octanol–water partition coefficient (Wildman–Crippen LogP) is 1.82. The monoisotopic (exact) mass is 322 g/mol. The summed E-state index contributed by atoms with van der Waals surface area (Å²) >= 11 is 0. The van der Waals surface area contributed by atoms with Crippen LogP contribution in [0.15, 0.2) is 30.3 Å². The van der Waals surface area contributed by atoms with Gasteiger partial charge in [0.15, 0.2) is 0 Å². The minimum atomic E-state index is -3.88. The van der Waals surface area contributed by atoms with Crippen LogP contribution in [0, 0.1) is 16.7 Å². The molecule has 0 heterocycles. The van der Waals surface area contributed by atoms with E-state index in [0.29, 0.717) is 18.4 Å². The summed E-state index contributed by atoms with van der Waals surface area (Å²) in [5.41, 5.74) is -0.540. The molecule has 6 nitrogen and oxygen atoms in total. The molecule has 1 aromatic carbocycles. The van der Waals surface area contributed by atoms with Gasteiger partial charge in [-0.3, -0.25) is 4.79 Å². The van der Waals surface area contributed by atoms with Crippen molar-refractivity contribution in [2.24, 2.45) is 5.41 Å². The predicted molar refractivity (Wildman–Crippen MR) is 80.3 cm³/mol. The zero-order chi connectivity index (χ0) is 16.2. The molecule has 0 bridgehead atoms. The fourth-order valence-corrected chi connectivity index (χ4v) is 4.59. The molecule has 0 aliphatic heterocycles. The van der Waals surface area contributed by atoms with E-state index in [1.807, 2.05) is 0 Å². The fourth-order valence-electron chi connectivity index (χ4n) is 2.83. The van der Waals surface area contributed by atoms with E-state index < -0.39 is 27.4 Å². The molecular weight excluding hydrogens is 304 g/mol. The van der Waals surface area contributed by atoms with E-state index in [4.69, 9.17) is 0 Å². The van der Waals surface area contributed by atoms with Crippen molar-refractivity contribution in [3.05, 3.63) is 35.9 Å². The molecule has 1 aromatic rings. The average Bonchev–Trinajstić information content (AvgIpc) is 2.94. The Kier molecular flexibility index (Phi) is 4.84. The lowest BCUT2D eigenvalue weighted by atomic mass is 9.91. The molecule has 0 spiro atoms. The first-order chi connectivity index (χ1) is 10.4. The average molecular weight is 322 g/mol. The highest BCUT2D eigenvalue weighted by atomic mass is 32.2. The third-order valence-electron chi connectivity index (χ3n) is 3.94. The number of carboxylic acid groups (broad SMARTS) is 1. The van der Waals surface area contributed by atoms with Crippen molar-refractivity contribution in [2.45, 2.75) is 31.7 Å². The van der Waals surface area contributed by atoms with Crippen molar-refractivity contribution in [3.8, 4) is 6.07 Å². The van der Waals surface area contributed by atoms with Gasteiger partial charge in [0.1, 0.15) is 6.04 Å². The van der Waals surface area contributed by atoms with Crippen LogP contribution in [0.5, 0.6) is 0 Å². The number of carboxylic acids is 1. The molecule has 22 heavy (non-hydrogen) atoms. The summed E-state index contributed by atoms with van der Waals surface area (Å²) in [7, 11) is -3.88. The Morgan fingerprint density at radius 3 is 2.41 bits per heavy atom. The van der Waals surface area contributed by atoms with Gasteiger partial charge in [-0.15, -0.1) is 0 Å². The third-order valence-corrected chi connectivity index (χ3v) is 5.47. The van der Waals surface area contributed by atoms with Gasteiger partial charge in [-0.25, -0.2) is 8.42 Å². The number of sulfonamides is 1. The second-order valence-electron chi connectivity index (χ2n) is 5.66. The number of nitrogens with one attached hydrogen (secondary N) is 1. The van der Waals surface area contributed by atoms with Gasteiger partial charge in [-0.2, -0.15) is 9.98 Å². The molecule has 1 atom stereocenters. The van der Waals surface area contributed by atoms with Gasteiger partial charge in [0.25, 0.3) is 0 Å². The number of nitrogens with zero attached hydrogens (tertiary/aromatic N) is 1. The van der Waals surface area contributed by atoms with Gasteiger partial charge in [0.2, 0.25) is 10.0 Å². The molecule has 1 fully saturated rings. The summed E-state index contributed by atoms with van der Waals surface area (Å²) in [6.07, 6.45) is 2.72. The first kappa shape index (κ1) is 16.5. The Morgan fingerprint density at radius 1 is 1.32 bits per heavy atom. The second kappa shape index (κ2) is 6.46. The van der Waals surface area contributed by atoms with Crippen molar-refractivity contribution in [1.82, 2.24) is 4.72 Å². The zero-order valence-corrected chi connectivity index (χ0v) is 12.8. The number of hydrogen-bond donors (Lipinski definition) is 2. The first-order valence-electron chi connectivity index (χ1n) is 7.06. The van der Waals surface area contributed by atoms with Gasteiger partial charge >= 0.3 is 5.97 Å². The maximum absolute atomic E-state index is 12.3. The van der Waals surface area contributed by atoms with E-state index in [9.17, 15) is 23.6 Å². The molecule has 0 aromatic heterocycles. The van der Waals surface area contributed by atoms with Crippen LogP contribution in [0.2, 0.25) is 0 Å². The molecule has 1 saturated carbocycles. The normalized spacial score (nSPS) is 18.5. The number of benzene rings is 1. The molecule has 1 aliphatic rings. The third kappa shape index (κ3) is 3.84. The summed E-state index contributed by atoms with van der Waals surface area (Å²) in [6.45, 7) is 0. The maximum Gasteiger partial charge on any atom is 0.326 e. The second-order valence-corrected chi connectivity index (χ2v) is 7.41. The topological polar surface area (TPSA) is 107 Å². The van der Waals surface area contributed by atoms with Crippen LogP contribution in [0.1, 0.15) is 37.3 Å². The summed E-state index contributed by atoms with van der Waals surface area (Å²) in [4.78, 5) is 11.4. The van der Waals surface area contributed by atoms with Crippen molar-refractivity contribution in [3.63, 3.8) is 0 Å². The Morgan fingerprint density at radius 2 is 1.91 bits per heavy atom. The van der Waals surface area contributed by atoms with E-state index in [1.165, 1.54) is 0 Å². The summed E-state index contributed by atoms with van der Waals surface area (Å²) < 4.78 is 26.8. The van der Waals surface area contributed by atoms with Crippen molar-refractivity contribution < 1.29 is 18.3 Å². The lowest BCUT2D eigenvalue weighted by molar-refractivity contribution is -0.139. The van der Waals surface area contributed by atoms with Gasteiger partial charge in [0, 0.05) is 0 Å². The van der Waals surface area contributed by atoms with Crippen LogP contribution in [-0.2, 0) is 14.8 Å². The first-order valence-corrected chi connectivity index (χ1v) is 8.72. The molecule has 0 unspecified atom stereocenters. The quantitative estimate of drug-likeness (QED) is 0.830. The lowest BCUT2D eigenvalue weighted by Crippen LogP contribution is -2.39. The van der Waals surface area contributed by atoms with Gasteiger partial charge < -0.3 is 5.11 Å². The van der Waals surface area contributed by atoms with Crippen molar-refractivity contribution in [2.75, 3.05) is 5.75 Å². The highest BCUT2D eigenvalue weighted by Crippen LogP contribution is 2.38. The molecule has 118 valence electrons. The Labute approximate surface area is 129 Å². The van der Waals surface area contributed by atoms with Crippen LogP contribution >= 0.6 is 0 Å². The van der Waals surface area contributed by atoms with E-state index >= 15 is 0 Å². The van der Waals surface area contributed by atoms with Crippen LogP contribution in [0.25, 0.3) is 0 Å². The van der Waals surface area contributed by atoms with Gasteiger partial charge in [-0.1, -0.05) is 43.2 Å². The Bertz CT molecular complexity index is 673. The van der Waals surface area contributed by atoms with Crippen LogP contribution in [0.3, 0.4) is 0 Å². The summed E-state index contributed by atoms with van der Waals surface area (Å²) in [6, 6.07) is 8.88. The van der Waals surface area contributed by atoms with Crippen LogP contribution in [0.4, 0.5) is 0 Å². The number of carbonyl (C=O) groups is 1. The van der Waals surface area contributed by atoms with E-state index in [0.717, 1.165) is 12.8 Å². The molecule has 2 N–H and O–H groups in total. The highest BCUT2D eigenvalue weighted by molar-refractivity contribution is 7.89. The lowest BCUT2D eigenvalue weighted by Gasteiger charge is -2.22. The van der Waals surface area contributed by atoms with E-state index in [1.54, 1.807) is 30.3 Å². The summed E-state index contributed by atoms with van der Waals surface area (Å²) in [5, 5.41) is 18.6. The minimum Gasteiger partial charge on any atom is -0.480 e. The largest absolute Gasteiger partial charge is 0.480 e. The van der Waals surface area contributed by atoms with Gasteiger partial charge in [0.05, 0.1) is 17.2 Å². The highest BCUT2D eigenvalue weighted by Gasteiger charge is 2.39. The maximum atomic E-state index is 12.3. The molecule has 0 saturated heterocycles. The van der Waals surface area contributed by atoms with E-state index in [-0.39, 0.29) is 5.75 Å². The molecule has 7 heteroatoms. The van der Waals surface area contributed by atoms with Crippen molar-refractivity contribution >= 4 is 16.0 Å². The number of rotatable bonds is 6. The van der Waals surface area contributed by atoms with E-state index in [2.05, 4.69) is 10.8 Å². The van der Waals surface area contributed by atoms with Crippen molar-refractivity contribution in [1.29, 1.82) is 5.26 Å². The number of hydrogen-bond acceptors (Lipinski definition) is 4. The minimum absolute atomic E-state index is 0.354. The Hall–Kier alpha value is -1.91. The molecule has 1 aliphatic carbocycles. The molecular formula is C15H18N2O4S. The number of nitriles is 1. The summed E-state index contributed by atoms with van der Waals surface area (Å²) in [5.74, 6) is -1.63. The fraction of sp³-hybridized carbons (Fsp3) is 0.467. The van der Waals surface area contributed by atoms with Gasteiger partial charge in [-0.05, 0) is 18.4 Å². The SMILES string of the molecule is N#CC1(CS(=O)(=O)N[C@@H](C(=O)O)c2ccccc2)CCCC1. The smallest absolute Gasteiger partial charge is 0.326 e. The molecule has 2 rings (SSSR count). The van der Waals surface area contributed by atoms with Crippen LogP contribution < -0.4 is 4.72 Å². The number of aliphatic carboxylic acids is 1. The zero-order valence-electron chi connectivity index (χ0n) is 12.0. The van der Waals surface area contributed by atoms with Crippen LogP contribution in [-0.4, -0.2) is 25.2 Å². The molecule has 0 radical (unpaired) electrons. The standard InChI is InChI=1S/C15H18N2O4S/c16-10-15(8-4-5-9-15)11-22(20,21)17-13(14(18)19)12-6-2-1-3-7-12/h1-3,6-7,13,17H,4-5,8-9,11H2,(H,18,19)/t13-/m1/s1. The Balaban J connectivity index is 2.19. The molecule has 0 amide bonds.